The molecule has 0 saturated carbocycles. The molecule has 0 bridgehead atoms. The molecule has 11 heteroatoms. The van der Waals surface area contributed by atoms with Crippen molar-refractivity contribution in [3.05, 3.63) is 38.3 Å². The summed E-state index contributed by atoms with van der Waals surface area (Å²) in [5.74, 6) is -1.48. The quantitative estimate of drug-likeness (QED) is 0.327. The minimum absolute atomic E-state index is 0.0324. The first-order valence-electron chi connectivity index (χ1n) is 7.43. The maximum atomic E-state index is 12.3. The van der Waals surface area contributed by atoms with Crippen molar-refractivity contribution in [1.82, 2.24) is 0 Å². The van der Waals surface area contributed by atoms with E-state index in [0.717, 1.165) is 22.7 Å². The maximum absolute atomic E-state index is 12.3. The van der Waals surface area contributed by atoms with E-state index in [1.165, 1.54) is 18.3 Å². The van der Waals surface area contributed by atoms with Crippen molar-refractivity contribution in [2.45, 2.75) is 13.8 Å². The molecular weight excluding hydrogens is 382 g/mol. The van der Waals surface area contributed by atoms with Crippen molar-refractivity contribution in [2.24, 2.45) is 4.99 Å². The summed E-state index contributed by atoms with van der Waals surface area (Å²) < 4.78 is 9.92. The number of esters is 2. The number of nitro groups is 1. The highest BCUT2D eigenvalue weighted by atomic mass is 32.1. The van der Waals surface area contributed by atoms with Crippen molar-refractivity contribution < 1.29 is 24.0 Å². The SMILES string of the molecule is CCOC(=O)c1c(N)sc(/N=C/c2ccc([N+](=O)[O-])s2)c1C(=O)OCC. The van der Waals surface area contributed by atoms with Gasteiger partial charge in [-0.25, -0.2) is 14.6 Å². The topological polar surface area (TPSA) is 134 Å². The highest BCUT2D eigenvalue weighted by Gasteiger charge is 2.29. The summed E-state index contributed by atoms with van der Waals surface area (Å²) in [5.41, 5.74) is 5.71. The van der Waals surface area contributed by atoms with Crippen LogP contribution in [0.1, 0.15) is 39.4 Å². The second kappa shape index (κ2) is 8.54. The molecule has 0 spiro atoms. The maximum Gasteiger partial charge on any atom is 0.342 e. The molecular formula is C15H15N3O6S2. The molecule has 0 radical (unpaired) electrons. The summed E-state index contributed by atoms with van der Waals surface area (Å²) in [6.07, 6.45) is 1.36. The van der Waals surface area contributed by atoms with Crippen LogP contribution < -0.4 is 5.73 Å². The minimum atomic E-state index is -0.743. The molecule has 0 unspecified atom stereocenters. The Morgan fingerprint density at radius 2 is 1.81 bits per heavy atom. The van der Waals surface area contributed by atoms with Gasteiger partial charge in [-0.2, -0.15) is 0 Å². The van der Waals surface area contributed by atoms with Crippen LogP contribution in [0.25, 0.3) is 0 Å². The van der Waals surface area contributed by atoms with Gasteiger partial charge < -0.3 is 15.2 Å². The number of nitrogen functional groups attached to an aromatic ring is 1. The molecule has 0 aromatic carbocycles. The highest BCUT2D eigenvalue weighted by Crippen LogP contribution is 2.39. The number of thiophene rings is 2. The Bertz CT molecular complexity index is 871. The van der Waals surface area contributed by atoms with Gasteiger partial charge in [0.2, 0.25) is 0 Å². The molecule has 0 amide bonds. The Hall–Kier alpha value is -2.79. The molecule has 2 aromatic rings. The van der Waals surface area contributed by atoms with Crippen LogP contribution in [0.3, 0.4) is 0 Å². The van der Waals surface area contributed by atoms with Crippen LogP contribution in [-0.4, -0.2) is 36.3 Å². The number of ether oxygens (including phenoxy) is 2. The summed E-state index contributed by atoms with van der Waals surface area (Å²) >= 11 is 1.86. The molecule has 0 aliphatic rings. The fourth-order valence-electron chi connectivity index (χ4n) is 1.96. The average molecular weight is 397 g/mol. The number of nitrogens with two attached hydrogens (primary N) is 1. The zero-order chi connectivity index (χ0) is 19.3. The molecule has 2 aromatic heterocycles. The van der Waals surface area contributed by atoms with Crippen molar-refractivity contribution in [2.75, 3.05) is 18.9 Å². The lowest BCUT2D eigenvalue weighted by molar-refractivity contribution is -0.380. The monoisotopic (exact) mass is 397 g/mol. The zero-order valence-corrected chi connectivity index (χ0v) is 15.5. The van der Waals surface area contributed by atoms with E-state index in [1.54, 1.807) is 13.8 Å². The van der Waals surface area contributed by atoms with E-state index in [9.17, 15) is 19.7 Å². The van der Waals surface area contributed by atoms with Crippen LogP contribution >= 0.6 is 22.7 Å². The van der Waals surface area contributed by atoms with Gasteiger partial charge in [-0.1, -0.05) is 22.7 Å². The van der Waals surface area contributed by atoms with E-state index >= 15 is 0 Å². The third kappa shape index (κ3) is 4.24. The lowest BCUT2D eigenvalue weighted by Gasteiger charge is -2.05. The van der Waals surface area contributed by atoms with E-state index in [-0.39, 0.29) is 39.3 Å². The van der Waals surface area contributed by atoms with Gasteiger partial charge in [-0.05, 0) is 19.9 Å². The normalized spacial score (nSPS) is 10.8. The van der Waals surface area contributed by atoms with Crippen LogP contribution in [0, 0.1) is 10.1 Å². The van der Waals surface area contributed by atoms with E-state index in [2.05, 4.69) is 4.99 Å². The number of carbonyl (C=O) groups is 2. The zero-order valence-electron chi connectivity index (χ0n) is 13.9. The van der Waals surface area contributed by atoms with Crippen LogP contribution in [0.15, 0.2) is 17.1 Å². The predicted octanol–water partition coefficient (Wildman–Crippen LogP) is 3.40. The van der Waals surface area contributed by atoms with Gasteiger partial charge in [0, 0.05) is 12.3 Å². The number of rotatable bonds is 7. The summed E-state index contributed by atoms with van der Waals surface area (Å²) in [7, 11) is 0. The smallest absolute Gasteiger partial charge is 0.342 e. The van der Waals surface area contributed by atoms with Crippen molar-refractivity contribution in [1.29, 1.82) is 0 Å². The van der Waals surface area contributed by atoms with Crippen LogP contribution in [0.4, 0.5) is 15.0 Å². The number of hydrogen-bond acceptors (Lipinski definition) is 10. The molecule has 0 aliphatic heterocycles. The average Bonchev–Trinajstić information content (AvgIpc) is 3.17. The fraction of sp³-hybridized carbons (Fsp3) is 0.267. The number of hydrogen-bond donors (Lipinski definition) is 1. The van der Waals surface area contributed by atoms with Crippen molar-refractivity contribution in [3.8, 4) is 0 Å². The fourth-order valence-corrected chi connectivity index (χ4v) is 3.54. The Kier molecular flexibility index (Phi) is 6.41. The second-order valence-corrected chi connectivity index (χ2v) is 6.78. The highest BCUT2D eigenvalue weighted by molar-refractivity contribution is 7.20. The molecule has 2 rings (SSSR count). The lowest BCUT2D eigenvalue weighted by atomic mass is 10.1. The molecule has 0 atom stereocenters. The van der Waals surface area contributed by atoms with E-state index < -0.39 is 16.9 Å². The van der Waals surface area contributed by atoms with Gasteiger partial charge in [0.05, 0.1) is 23.0 Å². The van der Waals surface area contributed by atoms with Gasteiger partial charge in [0.1, 0.15) is 21.1 Å². The van der Waals surface area contributed by atoms with Gasteiger partial charge in [-0.15, -0.1) is 0 Å². The third-order valence-electron chi connectivity index (χ3n) is 2.98. The largest absolute Gasteiger partial charge is 0.462 e. The van der Waals surface area contributed by atoms with E-state index in [4.69, 9.17) is 15.2 Å². The van der Waals surface area contributed by atoms with Gasteiger partial charge in [0.25, 0.3) is 0 Å². The predicted molar refractivity (Wildman–Crippen MR) is 98.9 cm³/mol. The Balaban J connectivity index is 2.44. The van der Waals surface area contributed by atoms with Crippen LogP contribution in [-0.2, 0) is 9.47 Å². The Morgan fingerprint density at radius 1 is 1.19 bits per heavy atom. The summed E-state index contributed by atoms with van der Waals surface area (Å²) in [4.78, 5) is 39.3. The summed E-state index contributed by atoms with van der Waals surface area (Å²) in [6.45, 7) is 3.49. The van der Waals surface area contributed by atoms with Gasteiger partial charge >= 0.3 is 16.9 Å². The van der Waals surface area contributed by atoms with E-state index in [0.29, 0.717) is 4.88 Å². The minimum Gasteiger partial charge on any atom is -0.462 e. The number of anilines is 1. The first kappa shape index (κ1) is 19.5. The number of nitrogens with zero attached hydrogens (tertiary/aromatic N) is 2. The van der Waals surface area contributed by atoms with Crippen LogP contribution in [0.5, 0.6) is 0 Å². The van der Waals surface area contributed by atoms with Gasteiger partial charge in [-0.3, -0.25) is 10.1 Å². The summed E-state index contributed by atoms with van der Waals surface area (Å²) in [5, 5.41) is 10.9. The van der Waals surface area contributed by atoms with E-state index in [1.807, 2.05) is 0 Å². The number of carbonyl (C=O) groups excluding carboxylic acids is 2. The standard InChI is InChI=1S/C15H15N3O6S2/c1-3-23-14(19)10-11(15(20)24-4-2)13(26-12(10)16)17-7-8-5-6-9(25-8)18(21)22/h5-7H,3-4,16H2,1-2H3/b17-7+. The molecule has 26 heavy (non-hydrogen) atoms. The molecule has 2 N–H and O–H groups in total. The molecule has 0 fully saturated rings. The molecule has 2 heterocycles. The molecule has 0 aliphatic carbocycles. The van der Waals surface area contributed by atoms with Crippen molar-refractivity contribution >= 4 is 55.8 Å². The first-order chi connectivity index (χ1) is 12.4. The molecule has 0 saturated heterocycles. The molecule has 138 valence electrons. The lowest BCUT2D eigenvalue weighted by Crippen LogP contribution is -2.13. The Morgan fingerprint density at radius 3 is 2.35 bits per heavy atom. The first-order valence-corrected chi connectivity index (χ1v) is 9.07. The third-order valence-corrected chi connectivity index (χ3v) is 4.88. The number of aliphatic imine (C=N–C) groups is 1. The second-order valence-electron chi connectivity index (χ2n) is 4.65. The van der Waals surface area contributed by atoms with Gasteiger partial charge in [0.15, 0.2) is 0 Å². The van der Waals surface area contributed by atoms with Crippen molar-refractivity contribution in [3.63, 3.8) is 0 Å². The molecule has 9 nitrogen and oxygen atoms in total. The summed E-state index contributed by atoms with van der Waals surface area (Å²) in [6, 6.07) is 2.88. The Labute approximate surface area is 156 Å². The van der Waals surface area contributed by atoms with Crippen LogP contribution in [0.2, 0.25) is 0 Å².